The molecule has 5 heteroatoms. The molecule has 0 bridgehead atoms. The Morgan fingerprint density at radius 2 is 2.15 bits per heavy atom. The van der Waals surface area contributed by atoms with Crippen molar-refractivity contribution in [3.05, 3.63) is 41.7 Å². The topological polar surface area (TPSA) is 56.7 Å². The summed E-state index contributed by atoms with van der Waals surface area (Å²) in [7, 11) is 0. The van der Waals surface area contributed by atoms with Crippen molar-refractivity contribution in [1.82, 2.24) is 14.5 Å². The van der Waals surface area contributed by atoms with Crippen LogP contribution in [0.4, 0.5) is 5.69 Å². The van der Waals surface area contributed by atoms with Gasteiger partial charge in [-0.2, -0.15) is 0 Å². The molecule has 0 atom stereocenters. The fourth-order valence-corrected chi connectivity index (χ4v) is 2.54. The van der Waals surface area contributed by atoms with Gasteiger partial charge in [-0.1, -0.05) is 18.5 Å². The number of hydrogen-bond donors (Lipinski definition) is 1. The van der Waals surface area contributed by atoms with Crippen LogP contribution in [0.3, 0.4) is 0 Å². The van der Waals surface area contributed by atoms with Crippen molar-refractivity contribution in [3.63, 3.8) is 0 Å². The zero-order valence-electron chi connectivity index (χ0n) is 11.2. The number of aryl methyl sites for hydroxylation is 1. The number of fused-ring (bicyclic) bond motifs is 1. The largest absolute Gasteiger partial charge is 0.397 e. The Balaban J connectivity index is 2.29. The van der Waals surface area contributed by atoms with Crippen LogP contribution in [-0.2, 0) is 6.54 Å². The summed E-state index contributed by atoms with van der Waals surface area (Å²) in [6.45, 7) is 3.02. The van der Waals surface area contributed by atoms with Crippen LogP contribution in [0.2, 0.25) is 5.02 Å². The quantitative estimate of drug-likeness (QED) is 0.798. The van der Waals surface area contributed by atoms with Crippen LogP contribution in [0.15, 0.2) is 36.7 Å². The van der Waals surface area contributed by atoms with E-state index in [2.05, 4.69) is 16.5 Å². The number of pyridine rings is 1. The molecule has 4 nitrogen and oxygen atoms in total. The third-order valence-electron chi connectivity index (χ3n) is 3.25. The van der Waals surface area contributed by atoms with Gasteiger partial charge in [-0.15, -0.1) is 0 Å². The number of nitrogen functional groups attached to an aromatic ring is 1. The number of anilines is 1. The highest BCUT2D eigenvalue weighted by molar-refractivity contribution is 6.31. The molecule has 0 aliphatic heterocycles. The Kier molecular flexibility index (Phi) is 3.32. The number of rotatable bonds is 3. The van der Waals surface area contributed by atoms with Crippen LogP contribution in [0.1, 0.15) is 13.3 Å². The Morgan fingerprint density at radius 3 is 2.90 bits per heavy atom. The van der Waals surface area contributed by atoms with Gasteiger partial charge in [0.1, 0.15) is 5.82 Å². The third-order valence-corrected chi connectivity index (χ3v) is 3.49. The third kappa shape index (κ3) is 2.12. The molecular formula is C15H15ClN4. The van der Waals surface area contributed by atoms with Gasteiger partial charge in [0.2, 0.25) is 0 Å². The molecule has 0 saturated carbocycles. The van der Waals surface area contributed by atoms with Gasteiger partial charge in [-0.05, 0) is 30.7 Å². The van der Waals surface area contributed by atoms with Crippen LogP contribution in [0.5, 0.6) is 0 Å². The molecular weight excluding hydrogens is 272 g/mol. The molecule has 1 aromatic carbocycles. The van der Waals surface area contributed by atoms with Crippen molar-refractivity contribution >= 4 is 28.3 Å². The van der Waals surface area contributed by atoms with E-state index in [1.54, 1.807) is 12.4 Å². The maximum atomic E-state index is 6.05. The molecule has 2 heterocycles. The smallest absolute Gasteiger partial charge is 0.143 e. The molecule has 0 amide bonds. The molecule has 3 rings (SSSR count). The van der Waals surface area contributed by atoms with Crippen LogP contribution in [0.25, 0.3) is 22.4 Å². The highest BCUT2D eigenvalue weighted by atomic mass is 35.5. The zero-order chi connectivity index (χ0) is 14.1. The second kappa shape index (κ2) is 5.13. The molecule has 2 aromatic heterocycles. The summed E-state index contributed by atoms with van der Waals surface area (Å²) in [5.74, 6) is 0.865. The first-order chi connectivity index (χ1) is 9.70. The van der Waals surface area contributed by atoms with Gasteiger partial charge in [0.25, 0.3) is 0 Å². The van der Waals surface area contributed by atoms with Gasteiger partial charge >= 0.3 is 0 Å². The predicted molar refractivity (Wildman–Crippen MR) is 82.7 cm³/mol. The first-order valence-electron chi connectivity index (χ1n) is 6.56. The molecule has 0 spiro atoms. The lowest BCUT2D eigenvalue weighted by Crippen LogP contribution is -2.01. The number of hydrogen-bond acceptors (Lipinski definition) is 3. The number of imidazole rings is 1. The molecule has 0 fully saturated rings. The van der Waals surface area contributed by atoms with Crippen molar-refractivity contribution in [2.45, 2.75) is 19.9 Å². The van der Waals surface area contributed by atoms with Crippen molar-refractivity contribution in [2.75, 3.05) is 5.73 Å². The maximum Gasteiger partial charge on any atom is 0.143 e. The van der Waals surface area contributed by atoms with Gasteiger partial charge in [0, 0.05) is 23.3 Å². The molecule has 0 radical (unpaired) electrons. The standard InChI is InChI=1S/C15H15ClN4/c1-2-7-20-14-4-3-10(16)8-13(14)19-15(20)11-5-6-18-9-12(11)17/h3-6,8-9H,2,7,17H2,1H3. The highest BCUT2D eigenvalue weighted by Gasteiger charge is 2.14. The molecule has 0 unspecified atom stereocenters. The summed E-state index contributed by atoms with van der Waals surface area (Å²) in [5.41, 5.74) is 9.52. The minimum absolute atomic E-state index is 0.631. The first kappa shape index (κ1) is 12.9. The normalized spacial score (nSPS) is 11.1. The van der Waals surface area contributed by atoms with Gasteiger partial charge in [-0.25, -0.2) is 4.98 Å². The second-order valence-corrected chi connectivity index (χ2v) is 5.12. The fraction of sp³-hybridized carbons (Fsp3) is 0.200. The van der Waals surface area contributed by atoms with E-state index in [1.807, 2.05) is 24.3 Å². The van der Waals surface area contributed by atoms with Gasteiger partial charge in [0.15, 0.2) is 0 Å². The fourth-order valence-electron chi connectivity index (χ4n) is 2.37. The second-order valence-electron chi connectivity index (χ2n) is 4.68. The Morgan fingerprint density at radius 1 is 1.30 bits per heavy atom. The zero-order valence-corrected chi connectivity index (χ0v) is 11.9. The number of nitrogens with zero attached hydrogens (tertiary/aromatic N) is 3. The van der Waals surface area contributed by atoms with Crippen molar-refractivity contribution in [2.24, 2.45) is 0 Å². The Labute approximate surface area is 122 Å². The predicted octanol–water partition coefficient (Wildman–Crippen LogP) is 3.74. The number of nitrogens with two attached hydrogens (primary N) is 1. The van der Waals surface area contributed by atoms with E-state index in [0.29, 0.717) is 10.7 Å². The SMILES string of the molecule is CCCn1c(-c2ccncc2N)nc2cc(Cl)ccc21. The van der Waals surface area contributed by atoms with E-state index in [4.69, 9.17) is 22.3 Å². The Bertz CT molecular complexity index is 764. The highest BCUT2D eigenvalue weighted by Crippen LogP contribution is 2.29. The van der Waals surface area contributed by atoms with Crippen LogP contribution < -0.4 is 5.73 Å². The van der Waals surface area contributed by atoms with Crippen LogP contribution >= 0.6 is 11.6 Å². The summed E-state index contributed by atoms with van der Waals surface area (Å²) in [4.78, 5) is 8.72. The Hall–Kier alpha value is -2.07. The lowest BCUT2D eigenvalue weighted by Gasteiger charge is -2.09. The van der Waals surface area contributed by atoms with E-state index >= 15 is 0 Å². The molecule has 0 aliphatic rings. The summed E-state index contributed by atoms with van der Waals surface area (Å²) < 4.78 is 2.18. The lowest BCUT2D eigenvalue weighted by atomic mass is 10.2. The van der Waals surface area contributed by atoms with Gasteiger partial charge in [0.05, 0.1) is 22.9 Å². The van der Waals surface area contributed by atoms with Crippen molar-refractivity contribution < 1.29 is 0 Å². The minimum atomic E-state index is 0.631. The molecule has 102 valence electrons. The van der Waals surface area contributed by atoms with E-state index in [9.17, 15) is 0 Å². The number of halogens is 1. The molecule has 0 aliphatic carbocycles. The molecule has 3 aromatic rings. The molecule has 0 saturated heterocycles. The average molecular weight is 287 g/mol. The lowest BCUT2D eigenvalue weighted by molar-refractivity contribution is 0.704. The average Bonchev–Trinajstić information content (AvgIpc) is 2.77. The van der Waals surface area contributed by atoms with E-state index < -0.39 is 0 Å². The van der Waals surface area contributed by atoms with Gasteiger partial charge in [-0.3, -0.25) is 4.98 Å². The summed E-state index contributed by atoms with van der Waals surface area (Å²) in [6.07, 6.45) is 4.40. The number of benzene rings is 1. The number of aromatic nitrogens is 3. The van der Waals surface area contributed by atoms with Gasteiger partial charge < -0.3 is 10.3 Å². The first-order valence-corrected chi connectivity index (χ1v) is 6.94. The van der Waals surface area contributed by atoms with E-state index in [1.165, 1.54) is 0 Å². The summed E-state index contributed by atoms with van der Waals surface area (Å²) in [5, 5.41) is 0.688. The van der Waals surface area contributed by atoms with E-state index in [0.717, 1.165) is 35.4 Å². The van der Waals surface area contributed by atoms with Crippen molar-refractivity contribution in [3.8, 4) is 11.4 Å². The maximum absolute atomic E-state index is 6.05. The van der Waals surface area contributed by atoms with Crippen LogP contribution in [-0.4, -0.2) is 14.5 Å². The minimum Gasteiger partial charge on any atom is -0.397 e. The van der Waals surface area contributed by atoms with E-state index in [-0.39, 0.29) is 0 Å². The molecule has 20 heavy (non-hydrogen) atoms. The summed E-state index contributed by atoms with van der Waals surface area (Å²) >= 11 is 6.05. The molecule has 2 N–H and O–H groups in total. The summed E-state index contributed by atoms with van der Waals surface area (Å²) in [6, 6.07) is 7.66. The monoisotopic (exact) mass is 286 g/mol. The van der Waals surface area contributed by atoms with Crippen LogP contribution in [0, 0.1) is 0 Å². The van der Waals surface area contributed by atoms with Crippen molar-refractivity contribution in [1.29, 1.82) is 0 Å².